The summed E-state index contributed by atoms with van der Waals surface area (Å²) in [7, 11) is -3.47. The predicted molar refractivity (Wildman–Crippen MR) is 115 cm³/mol. The van der Waals surface area contributed by atoms with Gasteiger partial charge in [0.05, 0.1) is 4.90 Å². The summed E-state index contributed by atoms with van der Waals surface area (Å²) in [4.78, 5) is 12.5. The molecule has 148 valence electrons. The third-order valence-corrected chi connectivity index (χ3v) is 6.72. The number of thiocarbonyl (C=S) groups is 1. The van der Waals surface area contributed by atoms with Gasteiger partial charge in [-0.25, -0.2) is 8.42 Å². The molecule has 28 heavy (non-hydrogen) atoms. The first kappa shape index (κ1) is 21.0. The fraction of sp³-hybridized carbons (Fsp3) is 0.222. The van der Waals surface area contributed by atoms with Gasteiger partial charge in [0, 0.05) is 34.4 Å². The number of rotatable bonds is 4. The molecular formula is C18H17Cl2N3O3S2. The first-order valence-electron chi connectivity index (χ1n) is 8.44. The van der Waals surface area contributed by atoms with Crippen molar-refractivity contribution >= 4 is 62.2 Å². The van der Waals surface area contributed by atoms with Gasteiger partial charge in [-0.15, -0.1) is 0 Å². The van der Waals surface area contributed by atoms with E-state index in [1.807, 2.05) is 0 Å². The number of nitrogens with one attached hydrogen (secondary N) is 2. The van der Waals surface area contributed by atoms with Crippen molar-refractivity contribution in [1.29, 1.82) is 0 Å². The van der Waals surface area contributed by atoms with Gasteiger partial charge in [0.2, 0.25) is 10.0 Å². The molecule has 0 aromatic heterocycles. The first-order chi connectivity index (χ1) is 13.3. The molecule has 1 fully saturated rings. The fourth-order valence-electron chi connectivity index (χ4n) is 2.81. The quantitative estimate of drug-likeness (QED) is 0.680. The van der Waals surface area contributed by atoms with Gasteiger partial charge < -0.3 is 5.32 Å². The molecule has 1 aliphatic heterocycles. The Morgan fingerprint density at radius 3 is 2.14 bits per heavy atom. The maximum Gasteiger partial charge on any atom is 0.257 e. The number of benzene rings is 2. The van der Waals surface area contributed by atoms with Gasteiger partial charge >= 0.3 is 0 Å². The number of sulfonamides is 1. The lowest BCUT2D eigenvalue weighted by Gasteiger charge is -2.16. The van der Waals surface area contributed by atoms with Crippen molar-refractivity contribution in [3.8, 4) is 0 Å². The Morgan fingerprint density at radius 2 is 1.57 bits per heavy atom. The minimum Gasteiger partial charge on any atom is -0.332 e. The number of nitrogens with zero attached hydrogens (tertiary/aromatic N) is 1. The SMILES string of the molecule is O=C(NC(=S)Nc1ccc(S(=O)(=O)N2CCCC2)cc1)c1cc(Cl)cc(Cl)c1. The Labute approximate surface area is 178 Å². The molecule has 0 spiro atoms. The van der Waals surface area contributed by atoms with Crippen molar-refractivity contribution in [3.63, 3.8) is 0 Å². The maximum atomic E-state index is 12.5. The van der Waals surface area contributed by atoms with Crippen LogP contribution in [0.15, 0.2) is 47.4 Å². The number of amides is 1. The molecule has 1 saturated heterocycles. The summed E-state index contributed by atoms with van der Waals surface area (Å²) in [5.41, 5.74) is 0.823. The molecule has 0 radical (unpaired) electrons. The van der Waals surface area contributed by atoms with Gasteiger partial charge in [0.1, 0.15) is 0 Å². The Kier molecular flexibility index (Phi) is 6.57. The topological polar surface area (TPSA) is 78.5 Å². The standard InChI is InChI=1S/C18H17Cl2N3O3S2/c19-13-9-12(10-14(20)11-13)17(24)22-18(27)21-15-3-5-16(6-4-15)28(25,26)23-7-1-2-8-23/h3-6,9-11H,1-2,7-8H2,(H2,21,22,24,27). The smallest absolute Gasteiger partial charge is 0.257 e. The van der Waals surface area contributed by atoms with Crippen molar-refractivity contribution in [1.82, 2.24) is 9.62 Å². The number of carbonyl (C=O) groups is 1. The van der Waals surface area contributed by atoms with Gasteiger partial charge in [0.15, 0.2) is 5.11 Å². The van der Waals surface area contributed by atoms with E-state index >= 15 is 0 Å². The molecule has 2 aromatic rings. The van der Waals surface area contributed by atoms with E-state index in [2.05, 4.69) is 10.6 Å². The Bertz CT molecular complexity index is 985. The maximum absolute atomic E-state index is 12.5. The fourth-order valence-corrected chi connectivity index (χ4v) is 5.06. The van der Waals surface area contributed by atoms with E-state index in [9.17, 15) is 13.2 Å². The van der Waals surface area contributed by atoms with Crippen LogP contribution < -0.4 is 10.6 Å². The van der Waals surface area contributed by atoms with E-state index in [0.29, 0.717) is 28.8 Å². The molecule has 2 aromatic carbocycles. The summed E-state index contributed by atoms with van der Waals surface area (Å²) < 4.78 is 26.5. The highest BCUT2D eigenvalue weighted by Crippen LogP contribution is 2.22. The van der Waals surface area contributed by atoms with Gasteiger partial charge in [0.25, 0.3) is 5.91 Å². The molecule has 10 heteroatoms. The summed E-state index contributed by atoms with van der Waals surface area (Å²) in [5, 5.41) is 6.12. The molecule has 1 heterocycles. The third kappa shape index (κ3) is 5.01. The van der Waals surface area contributed by atoms with Crippen molar-refractivity contribution < 1.29 is 13.2 Å². The Balaban J connectivity index is 1.63. The summed E-state index contributed by atoms with van der Waals surface area (Å²) in [6, 6.07) is 10.7. The number of carbonyl (C=O) groups excluding carboxylic acids is 1. The van der Waals surface area contributed by atoms with Crippen LogP contribution in [0.2, 0.25) is 10.0 Å². The highest BCUT2D eigenvalue weighted by Gasteiger charge is 2.26. The average molecular weight is 458 g/mol. The van der Waals surface area contributed by atoms with Crippen LogP contribution in [-0.4, -0.2) is 36.8 Å². The van der Waals surface area contributed by atoms with Gasteiger partial charge in [-0.2, -0.15) is 4.31 Å². The molecule has 2 N–H and O–H groups in total. The summed E-state index contributed by atoms with van der Waals surface area (Å²) in [6.07, 6.45) is 1.76. The monoisotopic (exact) mass is 457 g/mol. The molecule has 0 saturated carbocycles. The van der Waals surface area contributed by atoms with Crippen molar-refractivity contribution in [2.75, 3.05) is 18.4 Å². The highest BCUT2D eigenvalue weighted by molar-refractivity contribution is 7.89. The molecule has 1 aliphatic rings. The largest absolute Gasteiger partial charge is 0.332 e. The average Bonchev–Trinajstić information content (AvgIpc) is 3.16. The van der Waals surface area contributed by atoms with E-state index in [0.717, 1.165) is 12.8 Å². The zero-order valence-corrected chi connectivity index (χ0v) is 17.8. The Morgan fingerprint density at radius 1 is 1.00 bits per heavy atom. The second-order valence-electron chi connectivity index (χ2n) is 6.20. The van der Waals surface area contributed by atoms with Crippen LogP contribution in [0.3, 0.4) is 0 Å². The molecule has 1 amide bonds. The van der Waals surface area contributed by atoms with Gasteiger partial charge in [-0.1, -0.05) is 23.2 Å². The summed E-state index contributed by atoms with van der Waals surface area (Å²) >= 11 is 16.9. The second-order valence-corrected chi connectivity index (χ2v) is 9.42. The molecule has 3 rings (SSSR count). The summed E-state index contributed by atoms with van der Waals surface area (Å²) in [6.45, 7) is 1.10. The second kappa shape index (κ2) is 8.75. The van der Waals surface area contributed by atoms with Crippen LogP contribution in [0.5, 0.6) is 0 Å². The van der Waals surface area contributed by atoms with Gasteiger partial charge in [-0.05, 0) is 67.5 Å². The molecule has 0 unspecified atom stereocenters. The zero-order chi connectivity index (χ0) is 20.3. The predicted octanol–water partition coefficient (Wildman–Crippen LogP) is 3.90. The van der Waals surface area contributed by atoms with Crippen molar-refractivity contribution in [2.45, 2.75) is 17.7 Å². The lowest BCUT2D eigenvalue weighted by atomic mass is 10.2. The molecule has 0 atom stereocenters. The van der Waals surface area contributed by atoms with Crippen molar-refractivity contribution in [2.24, 2.45) is 0 Å². The van der Waals surface area contributed by atoms with Gasteiger partial charge in [-0.3, -0.25) is 10.1 Å². The number of halogens is 2. The lowest BCUT2D eigenvalue weighted by Crippen LogP contribution is -2.34. The van der Waals surface area contributed by atoms with Crippen LogP contribution in [0.25, 0.3) is 0 Å². The minimum absolute atomic E-state index is 0.0660. The normalized spacial score (nSPS) is 14.6. The van der Waals surface area contributed by atoms with Crippen LogP contribution in [0.1, 0.15) is 23.2 Å². The van der Waals surface area contributed by atoms with Crippen molar-refractivity contribution in [3.05, 3.63) is 58.1 Å². The zero-order valence-electron chi connectivity index (χ0n) is 14.6. The minimum atomic E-state index is -3.47. The first-order valence-corrected chi connectivity index (χ1v) is 11.0. The number of anilines is 1. The van der Waals surface area contributed by atoms with Crippen LogP contribution in [0, 0.1) is 0 Å². The number of hydrogen-bond acceptors (Lipinski definition) is 4. The molecule has 0 aliphatic carbocycles. The van der Waals surface area contributed by atoms with E-state index in [-0.39, 0.29) is 15.6 Å². The van der Waals surface area contributed by atoms with E-state index in [1.54, 1.807) is 12.1 Å². The lowest BCUT2D eigenvalue weighted by molar-refractivity contribution is 0.0977. The highest BCUT2D eigenvalue weighted by atomic mass is 35.5. The molecule has 6 nitrogen and oxygen atoms in total. The van der Waals surface area contributed by atoms with E-state index in [1.165, 1.54) is 34.6 Å². The van der Waals surface area contributed by atoms with Crippen LogP contribution in [-0.2, 0) is 10.0 Å². The summed E-state index contributed by atoms with van der Waals surface area (Å²) in [5.74, 6) is -0.463. The Hall–Kier alpha value is -1.71. The number of hydrogen-bond donors (Lipinski definition) is 2. The van der Waals surface area contributed by atoms with Crippen LogP contribution in [0.4, 0.5) is 5.69 Å². The molecular weight excluding hydrogens is 441 g/mol. The van der Waals surface area contributed by atoms with Crippen LogP contribution >= 0.6 is 35.4 Å². The molecule has 0 bridgehead atoms. The third-order valence-electron chi connectivity index (χ3n) is 4.17. The van der Waals surface area contributed by atoms with E-state index < -0.39 is 15.9 Å². The van der Waals surface area contributed by atoms with E-state index in [4.69, 9.17) is 35.4 Å².